The van der Waals surface area contributed by atoms with Crippen molar-refractivity contribution in [2.24, 2.45) is 5.92 Å². The van der Waals surface area contributed by atoms with Gasteiger partial charge in [0.1, 0.15) is 4.21 Å². The Labute approximate surface area is 158 Å². The van der Waals surface area contributed by atoms with Crippen molar-refractivity contribution < 1.29 is 26.4 Å². The Morgan fingerprint density at radius 2 is 1.93 bits per heavy atom. The summed E-state index contributed by atoms with van der Waals surface area (Å²) in [4.78, 5) is 12.5. The lowest BCUT2D eigenvalue weighted by atomic mass is 9.98. The molecule has 146 valence electrons. The van der Waals surface area contributed by atoms with Crippen molar-refractivity contribution in [3.05, 3.63) is 47.3 Å². The zero-order valence-corrected chi connectivity index (χ0v) is 15.7. The minimum Gasteiger partial charge on any atom is -0.325 e. The molecule has 1 aromatic heterocycles. The maximum atomic E-state index is 13.1. The zero-order valence-electron chi connectivity index (χ0n) is 14.1. The van der Waals surface area contributed by atoms with Gasteiger partial charge in [-0.05, 0) is 36.4 Å². The van der Waals surface area contributed by atoms with Gasteiger partial charge in [0.05, 0.1) is 17.2 Å². The number of thiophene rings is 1. The second-order valence-corrected chi connectivity index (χ2v) is 9.28. The predicted octanol–water partition coefficient (Wildman–Crippen LogP) is 3.81. The maximum absolute atomic E-state index is 13.1. The molecule has 5 nitrogen and oxygen atoms in total. The van der Waals surface area contributed by atoms with Crippen LogP contribution in [0.3, 0.4) is 0 Å². The van der Waals surface area contributed by atoms with E-state index in [1.54, 1.807) is 11.4 Å². The molecule has 27 heavy (non-hydrogen) atoms. The molecule has 1 aliphatic heterocycles. The Balaban J connectivity index is 1.75. The van der Waals surface area contributed by atoms with E-state index in [0.717, 1.165) is 17.4 Å². The normalized spacial score (nSPS) is 19.0. The summed E-state index contributed by atoms with van der Waals surface area (Å²) in [5.41, 5.74) is -1.26. The second-order valence-electron chi connectivity index (χ2n) is 6.17. The Morgan fingerprint density at radius 3 is 2.59 bits per heavy atom. The number of nitrogens with one attached hydrogen (secondary N) is 1. The molecule has 3 rings (SSSR count). The smallest absolute Gasteiger partial charge is 0.325 e. The van der Waals surface area contributed by atoms with Crippen LogP contribution in [0, 0.1) is 5.92 Å². The number of anilines is 1. The van der Waals surface area contributed by atoms with Crippen LogP contribution in [-0.2, 0) is 21.0 Å². The molecular formula is C17H17F3N2O3S2. The largest absolute Gasteiger partial charge is 0.418 e. The average Bonchev–Trinajstić information content (AvgIpc) is 3.17. The minimum absolute atomic E-state index is 0.0553. The Hall–Kier alpha value is -1.91. The third-order valence-electron chi connectivity index (χ3n) is 4.33. The molecule has 1 aromatic carbocycles. The van der Waals surface area contributed by atoms with Gasteiger partial charge in [0.25, 0.3) is 10.0 Å². The zero-order chi connectivity index (χ0) is 19.7. The van der Waals surface area contributed by atoms with Crippen LogP contribution in [0.1, 0.15) is 18.4 Å². The van der Waals surface area contributed by atoms with Crippen molar-refractivity contribution in [2.45, 2.75) is 23.2 Å². The van der Waals surface area contributed by atoms with E-state index in [2.05, 4.69) is 5.32 Å². The second kappa shape index (κ2) is 7.61. The highest BCUT2D eigenvalue weighted by Crippen LogP contribution is 2.35. The van der Waals surface area contributed by atoms with Gasteiger partial charge in [0.15, 0.2) is 0 Å². The SMILES string of the molecule is O=C(Nc1ccccc1C(F)(F)F)[C@@H]1CCCN(S(=O)(=O)c2cccs2)C1. The van der Waals surface area contributed by atoms with Gasteiger partial charge in [-0.2, -0.15) is 17.5 Å². The van der Waals surface area contributed by atoms with Crippen LogP contribution in [0.4, 0.5) is 18.9 Å². The van der Waals surface area contributed by atoms with Crippen molar-refractivity contribution in [2.75, 3.05) is 18.4 Å². The average molecular weight is 418 g/mol. The number of piperidine rings is 1. The van der Waals surface area contributed by atoms with Gasteiger partial charge in [-0.15, -0.1) is 11.3 Å². The van der Waals surface area contributed by atoms with Crippen LogP contribution in [0.5, 0.6) is 0 Å². The quantitative estimate of drug-likeness (QED) is 0.821. The molecule has 0 bridgehead atoms. The topological polar surface area (TPSA) is 66.5 Å². The third-order valence-corrected chi connectivity index (χ3v) is 7.57. The fourth-order valence-electron chi connectivity index (χ4n) is 2.99. The van der Waals surface area contributed by atoms with Crippen LogP contribution < -0.4 is 5.32 Å². The fourth-order valence-corrected chi connectivity index (χ4v) is 5.65. The van der Waals surface area contributed by atoms with Crippen LogP contribution in [0.25, 0.3) is 0 Å². The van der Waals surface area contributed by atoms with Crippen LogP contribution in [0.15, 0.2) is 46.0 Å². The van der Waals surface area contributed by atoms with Crippen molar-refractivity contribution in [1.29, 1.82) is 0 Å². The minimum atomic E-state index is -4.59. The number of carbonyl (C=O) groups is 1. The fraction of sp³-hybridized carbons (Fsp3) is 0.353. The Bertz CT molecular complexity index is 912. The summed E-state index contributed by atoms with van der Waals surface area (Å²) in [6.45, 7) is 0.226. The first-order valence-electron chi connectivity index (χ1n) is 8.20. The van der Waals surface area contributed by atoms with E-state index in [-0.39, 0.29) is 23.0 Å². The molecule has 0 spiro atoms. The van der Waals surface area contributed by atoms with Crippen LogP contribution >= 0.6 is 11.3 Å². The third kappa shape index (κ3) is 4.33. The highest BCUT2D eigenvalue weighted by molar-refractivity contribution is 7.91. The molecule has 1 atom stereocenters. The highest BCUT2D eigenvalue weighted by atomic mass is 32.2. The van der Waals surface area contributed by atoms with Crippen molar-refractivity contribution in [3.63, 3.8) is 0 Å². The lowest BCUT2D eigenvalue weighted by Crippen LogP contribution is -2.43. The number of nitrogens with zero attached hydrogens (tertiary/aromatic N) is 1. The lowest BCUT2D eigenvalue weighted by Gasteiger charge is -2.31. The van der Waals surface area contributed by atoms with Gasteiger partial charge in [0.2, 0.25) is 5.91 Å². The van der Waals surface area contributed by atoms with Gasteiger partial charge in [-0.25, -0.2) is 8.42 Å². The van der Waals surface area contributed by atoms with Gasteiger partial charge >= 0.3 is 6.18 Å². The number of benzene rings is 1. The molecule has 1 aliphatic rings. The van der Waals surface area contributed by atoms with E-state index in [4.69, 9.17) is 0 Å². The number of sulfonamides is 1. The summed E-state index contributed by atoms with van der Waals surface area (Å²) in [5, 5.41) is 3.96. The van der Waals surface area contributed by atoms with E-state index in [0.29, 0.717) is 12.8 Å². The van der Waals surface area contributed by atoms with E-state index >= 15 is 0 Å². The summed E-state index contributed by atoms with van der Waals surface area (Å²) in [6.07, 6.45) is -3.72. The summed E-state index contributed by atoms with van der Waals surface area (Å²) in [5.74, 6) is -1.33. The standard InChI is InChI=1S/C17H17F3N2O3S2/c18-17(19,20)13-6-1-2-7-14(13)21-16(23)12-5-3-9-22(11-12)27(24,25)15-8-4-10-26-15/h1-2,4,6-8,10,12H,3,5,9,11H2,(H,21,23)/t12-/m1/s1. The first kappa shape index (κ1) is 19.8. The molecule has 0 unspecified atom stereocenters. The molecule has 10 heteroatoms. The van der Waals surface area contributed by atoms with Gasteiger partial charge < -0.3 is 5.32 Å². The Morgan fingerprint density at radius 1 is 1.19 bits per heavy atom. The molecule has 0 aliphatic carbocycles. The number of rotatable bonds is 4. The van der Waals surface area contributed by atoms with E-state index in [1.807, 2.05) is 0 Å². The van der Waals surface area contributed by atoms with Crippen molar-refractivity contribution in [1.82, 2.24) is 4.31 Å². The number of carbonyl (C=O) groups excluding carboxylic acids is 1. The van der Waals surface area contributed by atoms with E-state index in [1.165, 1.54) is 28.6 Å². The van der Waals surface area contributed by atoms with Gasteiger partial charge in [-0.3, -0.25) is 4.79 Å². The van der Waals surface area contributed by atoms with Gasteiger partial charge in [-0.1, -0.05) is 18.2 Å². The lowest BCUT2D eigenvalue weighted by molar-refractivity contribution is -0.137. The molecule has 1 saturated heterocycles. The molecule has 0 radical (unpaired) electrons. The molecule has 1 fully saturated rings. The summed E-state index contributed by atoms with van der Waals surface area (Å²) in [6, 6.07) is 7.84. The number of amides is 1. The summed E-state index contributed by atoms with van der Waals surface area (Å²) in [7, 11) is -3.70. The number of hydrogen-bond acceptors (Lipinski definition) is 4. The first-order chi connectivity index (χ1) is 12.7. The van der Waals surface area contributed by atoms with Crippen molar-refractivity contribution >= 4 is 33.0 Å². The number of halogens is 3. The monoisotopic (exact) mass is 418 g/mol. The molecule has 2 aromatic rings. The van der Waals surface area contributed by atoms with E-state index < -0.39 is 33.6 Å². The molecule has 1 N–H and O–H groups in total. The maximum Gasteiger partial charge on any atom is 0.418 e. The first-order valence-corrected chi connectivity index (χ1v) is 10.5. The predicted molar refractivity (Wildman–Crippen MR) is 95.9 cm³/mol. The van der Waals surface area contributed by atoms with E-state index in [9.17, 15) is 26.4 Å². The van der Waals surface area contributed by atoms with Crippen molar-refractivity contribution in [3.8, 4) is 0 Å². The Kier molecular flexibility index (Phi) is 5.59. The number of para-hydroxylation sites is 1. The number of alkyl halides is 3. The molecule has 2 heterocycles. The van der Waals surface area contributed by atoms with Crippen LogP contribution in [-0.4, -0.2) is 31.7 Å². The van der Waals surface area contributed by atoms with Gasteiger partial charge in [0, 0.05) is 13.1 Å². The molecule has 1 amide bonds. The molecule has 0 saturated carbocycles. The number of hydrogen-bond donors (Lipinski definition) is 1. The summed E-state index contributed by atoms with van der Waals surface area (Å²) < 4.78 is 65.9. The summed E-state index contributed by atoms with van der Waals surface area (Å²) >= 11 is 1.09. The molecular weight excluding hydrogens is 401 g/mol. The highest BCUT2D eigenvalue weighted by Gasteiger charge is 2.36. The van der Waals surface area contributed by atoms with Crippen LogP contribution in [0.2, 0.25) is 0 Å².